The first-order valence-electron chi connectivity index (χ1n) is 8.76. The molecule has 1 aliphatic carbocycles. The Morgan fingerprint density at radius 3 is 2.17 bits per heavy atom. The van der Waals surface area contributed by atoms with Crippen LogP contribution in [0.5, 0.6) is 0 Å². The SMILES string of the molecule is NC(=O)CCc1ccc(CC2CCN(C(=O)C3CC3)CC2)cc1. The van der Waals surface area contributed by atoms with Crippen LogP contribution in [0.3, 0.4) is 0 Å². The Bertz CT molecular complexity index is 555. The zero-order valence-corrected chi connectivity index (χ0v) is 13.7. The van der Waals surface area contributed by atoms with Gasteiger partial charge in [0.05, 0.1) is 0 Å². The van der Waals surface area contributed by atoms with Crippen molar-refractivity contribution in [3.63, 3.8) is 0 Å². The molecule has 1 aromatic rings. The van der Waals surface area contributed by atoms with Gasteiger partial charge in [-0.2, -0.15) is 0 Å². The molecule has 0 aromatic heterocycles. The summed E-state index contributed by atoms with van der Waals surface area (Å²) in [4.78, 5) is 25.0. The minimum absolute atomic E-state index is 0.249. The molecular weight excluding hydrogens is 288 g/mol. The molecule has 1 saturated heterocycles. The molecule has 124 valence electrons. The number of rotatable bonds is 6. The summed E-state index contributed by atoms with van der Waals surface area (Å²) in [5, 5.41) is 0. The molecule has 0 bridgehead atoms. The first-order chi connectivity index (χ1) is 11.1. The normalized spacial score (nSPS) is 18.9. The molecule has 1 heterocycles. The Kier molecular flexibility index (Phi) is 4.99. The van der Waals surface area contributed by atoms with Crippen molar-refractivity contribution in [3.8, 4) is 0 Å². The van der Waals surface area contributed by atoms with Crippen molar-refractivity contribution < 1.29 is 9.59 Å². The van der Waals surface area contributed by atoms with Crippen molar-refractivity contribution >= 4 is 11.8 Å². The van der Waals surface area contributed by atoms with Gasteiger partial charge in [0.25, 0.3) is 0 Å². The summed E-state index contributed by atoms with van der Waals surface area (Å²) in [7, 11) is 0. The van der Waals surface area contributed by atoms with Gasteiger partial charge in [0, 0.05) is 25.4 Å². The third kappa shape index (κ3) is 4.57. The van der Waals surface area contributed by atoms with Crippen molar-refractivity contribution in [1.82, 2.24) is 4.90 Å². The van der Waals surface area contributed by atoms with E-state index in [4.69, 9.17) is 5.73 Å². The molecule has 4 heteroatoms. The van der Waals surface area contributed by atoms with E-state index in [1.807, 2.05) is 0 Å². The van der Waals surface area contributed by atoms with E-state index < -0.39 is 0 Å². The highest BCUT2D eigenvalue weighted by Crippen LogP contribution is 2.32. The van der Waals surface area contributed by atoms with Crippen LogP contribution in [0.25, 0.3) is 0 Å². The van der Waals surface area contributed by atoms with E-state index in [2.05, 4.69) is 29.2 Å². The molecule has 2 amide bonds. The van der Waals surface area contributed by atoms with E-state index in [-0.39, 0.29) is 5.91 Å². The van der Waals surface area contributed by atoms with Gasteiger partial charge in [-0.1, -0.05) is 24.3 Å². The van der Waals surface area contributed by atoms with E-state index in [0.717, 1.165) is 57.2 Å². The summed E-state index contributed by atoms with van der Waals surface area (Å²) in [5.74, 6) is 1.16. The quantitative estimate of drug-likeness (QED) is 0.875. The second-order valence-electron chi connectivity index (χ2n) is 7.03. The molecule has 0 radical (unpaired) electrons. The van der Waals surface area contributed by atoms with Crippen molar-refractivity contribution in [1.29, 1.82) is 0 Å². The Balaban J connectivity index is 1.44. The number of hydrogen-bond donors (Lipinski definition) is 1. The van der Waals surface area contributed by atoms with Crippen LogP contribution in [-0.2, 0) is 22.4 Å². The number of hydrogen-bond acceptors (Lipinski definition) is 2. The molecule has 2 aliphatic rings. The summed E-state index contributed by atoms with van der Waals surface area (Å²) >= 11 is 0. The fourth-order valence-corrected chi connectivity index (χ4v) is 3.39. The number of primary amides is 1. The number of nitrogens with two attached hydrogens (primary N) is 1. The van der Waals surface area contributed by atoms with Crippen molar-refractivity contribution in [2.24, 2.45) is 17.6 Å². The van der Waals surface area contributed by atoms with E-state index in [1.165, 1.54) is 5.56 Å². The van der Waals surface area contributed by atoms with E-state index >= 15 is 0 Å². The Hall–Kier alpha value is -1.84. The predicted molar refractivity (Wildman–Crippen MR) is 89.7 cm³/mol. The van der Waals surface area contributed by atoms with Crippen LogP contribution in [-0.4, -0.2) is 29.8 Å². The van der Waals surface area contributed by atoms with Crippen LogP contribution in [0, 0.1) is 11.8 Å². The lowest BCUT2D eigenvalue weighted by atomic mass is 9.89. The van der Waals surface area contributed by atoms with Gasteiger partial charge in [-0.05, 0) is 55.6 Å². The molecule has 1 saturated carbocycles. The number of carbonyl (C=O) groups excluding carboxylic acids is 2. The largest absolute Gasteiger partial charge is 0.370 e. The molecule has 23 heavy (non-hydrogen) atoms. The van der Waals surface area contributed by atoms with Gasteiger partial charge in [-0.3, -0.25) is 9.59 Å². The average Bonchev–Trinajstić information content (AvgIpc) is 3.39. The molecule has 2 N–H and O–H groups in total. The number of amides is 2. The number of benzene rings is 1. The zero-order chi connectivity index (χ0) is 16.2. The van der Waals surface area contributed by atoms with Crippen LogP contribution >= 0.6 is 0 Å². The molecule has 4 nitrogen and oxygen atoms in total. The highest BCUT2D eigenvalue weighted by molar-refractivity contribution is 5.81. The average molecular weight is 314 g/mol. The maximum Gasteiger partial charge on any atom is 0.225 e. The standard InChI is InChI=1S/C19H26N2O2/c20-18(22)8-5-14-1-3-15(4-2-14)13-16-9-11-21(12-10-16)19(23)17-6-7-17/h1-4,16-17H,5-13H2,(H2,20,22). The highest BCUT2D eigenvalue weighted by Gasteiger charge is 2.34. The van der Waals surface area contributed by atoms with Gasteiger partial charge in [0.1, 0.15) is 0 Å². The van der Waals surface area contributed by atoms with Crippen LogP contribution in [0.1, 0.15) is 43.2 Å². The molecule has 0 atom stereocenters. The predicted octanol–water partition coefficient (Wildman–Crippen LogP) is 2.30. The van der Waals surface area contributed by atoms with Crippen molar-refractivity contribution in [2.45, 2.75) is 44.9 Å². The summed E-state index contributed by atoms with van der Waals surface area (Å²) in [6, 6.07) is 8.53. The maximum atomic E-state index is 12.1. The minimum Gasteiger partial charge on any atom is -0.370 e. The highest BCUT2D eigenvalue weighted by atomic mass is 16.2. The van der Waals surface area contributed by atoms with Crippen molar-refractivity contribution in [2.75, 3.05) is 13.1 Å². The van der Waals surface area contributed by atoms with Gasteiger partial charge in [0.15, 0.2) is 0 Å². The van der Waals surface area contributed by atoms with Crippen LogP contribution in [0.2, 0.25) is 0 Å². The van der Waals surface area contributed by atoms with E-state index in [1.54, 1.807) is 0 Å². The fraction of sp³-hybridized carbons (Fsp3) is 0.579. The second-order valence-corrected chi connectivity index (χ2v) is 7.03. The minimum atomic E-state index is -0.249. The molecule has 0 spiro atoms. The van der Waals surface area contributed by atoms with Crippen LogP contribution < -0.4 is 5.73 Å². The zero-order valence-electron chi connectivity index (χ0n) is 13.7. The van der Waals surface area contributed by atoms with Crippen LogP contribution in [0.15, 0.2) is 24.3 Å². The smallest absolute Gasteiger partial charge is 0.225 e. The molecule has 3 rings (SSSR count). The monoisotopic (exact) mass is 314 g/mol. The Morgan fingerprint density at radius 1 is 1.00 bits per heavy atom. The van der Waals surface area contributed by atoms with Crippen molar-refractivity contribution in [3.05, 3.63) is 35.4 Å². The first-order valence-corrected chi connectivity index (χ1v) is 8.76. The Morgan fingerprint density at radius 2 is 1.61 bits per heavy atom. The fourth-order valence-electron chi connectivity index (χ4n) is 3.39. The molecule has 1 aromatic carbocycles. The number of piperidine rings is 1. The molecule has 2 fully saturated rings. The summed E-state index contributed by atoms with van der Waals surface area (Å²) in [5.41, 5.74) is 7.69. The third-order valence-corrected chi connectivity index (χ3v) is 5.06. The van der Waals surface area contributed by atoms with E-state index in [9.17, 15) is 9.59 Å². The second kappa shape index (κ2) is 7.16. The van der Waals surface area contributed by atoms with Gasteiger partial charge in [-0.15, -0.1) is 0 Å². The van der Waals surface area contributed by atoms with Crippen LogP contribution in [0.4, 0.5) is 0 Å². The molecule has 1 aliphatic heterocycles. The van der Waals surface area contributed by atoms with Gasteiger partial charge < -0.3 is 10.6 Å². The topological polar surface area (TPSA) is 63.4 Å². The third-order valence-electron chi connectivity index (χ3n) is 5.06. The maximum absolute atomic E-state index is 12.1. The molecule has 0 unspecified atom stereocenters. The first kappa shape index (κ1) is 16.0. The number of likely N-dealkylation sites (tertiary alicyclic amines) is 1. The van der Waals surface area contributed by atoms with Gasteiger partial charge in [-0.25, -0.2) is 0 Å². The lowest BCUT2D eigenvalue weighted by molar-refractivity contribution is -0.133. The van der Waals surface area contributed by atoms with Gasteiger partial charge in [0.2, 0.25) is 11.8 Å². The summed E-state index contributed by atoms with van der Waals surface area (Å²) < 4.78 is 0. The molecular formula is C19H26N2O2. The lowest BCUT2D eigenvalue weighted by Gasteiger charge is -2.32. The number of carbonyl (C=O) groups is 2. The number of aryl methyl sites for hydroxylation is 1. The lowest BCUT2D eigenvalue weighted by Crippen LogP contribution is -2.39. The Labute approximate surface area is 138 Å². The summed E-state index contributed by atoms with van der Waals surface area (Å²) in [6.07, 6.45) is 6.64. The van der Waals surface area contributed by atoms with Gasteiger partial charge >= 0.3 is 0 Å². The van der Waals surface area contributed by atoms with E-state index in [0.29, 0.717) is 24.2 Å². The number of nitrogens with zero attached hydrogens (tertiary/aromatic N) is 1. The summed E-state index contributed by atoms with van der Waals surface area (Å²) in [6.45, 7) is 1.85.